The Bertz CT molecular complexity index is 539. The zero-order chi connectivity index (χ0) is 13.1. The van der Waals surface area contributed by atoms with Gasteiger partial charge in [0.2, 0.25) is 0 Å². The highest BCUT2D eigenvalue weighted by molar-refractivity contribution is 9.10. The molecule has 5 heteroatoms. The number of nitrogens with one attached hydrogen (secondary N) is 1. The molecule has 0 spiro atoms. The van der Waals surface area contributed by atoms with Crippen LogP contribution in [0.4, 0.5) is 4.39 Å². The Morgan fingerprint density at radius 2 is 2.22 bits per heavy atom. The molecule has 0 amide bonds. The van der Waals surface area contributed by atoms with Gasteiger partial charge in [0, 0.05) is 17.7 Å². The molecule has 1 N–H and O–H groups in total. The van der Waals surface area contributed by atoms with Gasteiger partial charge in [0.15, 0.2) is 0 Å². The molecule has 0 aliphatic rings. The zero-order valence-corrected chi connectivity index (χ0v) is 11.9. The first-order valence-corrected chi connectivity index (χ1v) is 6.50. The maximum atomic E-state index is 13.7. The van der Waals surface area contributed by atoms with E-state index in [0.29, 0.717) is 12.0 Å². The van der Waals surface area contributed by atoms with Crippen LogP contribution in [0.3, 0.4) is 0 Å². The van der Waals surface area contributed by atoms with Crippen LogP contribution < -0.4 is 5.32 Å². The number of benzene rings is 1. The highest BCUT2D eigenvalue weighted by Crippen LogP contribution is 2.22. The van der Waals surface area contributed by atoms with Crippen molar-refractivity contribution in [3.8, 4) is 0 Å². The average Bonchev–Trinajstić information content (AvgIpc) is 2.77. The van der Waals surface area contributed by atoms with Crippen molar-refractivity contribution in [2.24, 2.45) is 7.05 Å². The van der Waals surface area contributed by atoms with E-state index in [2.05, 4.69) is 26.3 Å². The van der Waals surface area contributed by atoms with Gasteiger partial charge in [-0.1, -0.05) is 15.9 Å². The van der Waals surface area contributed by atoms with E-state index in [1.54, 1.807) is 16.9 Å². The van der Waals surface area contributed by atoms with E-state index in [1.165, 1.54) is 6.07 Å². The van der Waals surface area contributed by atoms with Crippen LogP contribution in [0.25, 0.3) is 0 Å². The maximum Gasteiger partial charge on any atom is 0.126 e. The quantitative estimate of drug-likeness (QED) is 0.941. The van der Waals surface area contributed by atoms with Crippen molar-refractivity contribution in [2.75, 3.05) is 7.05 Å². The Labute approximate surface area is 114 Å². The van der Waals surface area contributed by atoms with Crippen LogP contribution in [0.2, 0.25) is 0 Å². The van der Waals surface area contributed by atoms with Gasteiger partial charge in [-0.25, -0.2) is 4.39 Å². The Morgan fingerprint density at radius 3 is 2.83 bits per heavy atom. The molecule has 2 rings (SSSR count). The Balaban J connectivity index is 2.26. The standard InChI is InChI=1S/C13H15BrFN3/c1-16-12(13-5-6-17-18(13)2)8-9-7-10(14)3-4-11(9)15/h3-7,12,16H,8H2,1-2H3. The van der Waals surface area contributed by atoms with E-state index in [9.17, 15) is 4.39 Å². The first-order valence-electron chi connectivity index (χ1n) is 5.71. The minimum Gasteiger partial charge on any atom is -0.311 e. The molecule has 1 atom stereocenters. The van der Waals surface area contributed by atoms with Crippen LogP contribution in [0.1, 0.15) is 17.3 Å². The lowest BCUT2D eigenvalue weighted by molar-refractivity contribution is 0.519. The Morgan fingerprint density at radius 1 is 1.44 bits per heavy atom. The fraction of sp³-hybridized carbons (Fsp3) is 0.308. The Hall–Kier alpha value is -1.20. The van der Waals surface area contributed by atoms with E-state index in [-0.39, 0.29) is 11.9 Å². The van der Waals surface area contributed by atoms with Crippen LogP contribution in [0.5, 0.6) is 0 Å². The summed E-state index contributed by atoms with van der Waals surface area (Å²) >= 11 is 3.37. The van der Waals surface area contributed by atoms with Crippen molar-refractivity contribution >= 4 is 15.9 Å². The zero-order valence-electron chi connectivity index (χ0n) is 10.3. The van der Waals surface area contributed by atoms with Crippen molar-refractivity contribution in [3.63, 3.8) is 0 Å². The molecule has 3 nitrogen and oxygen atoms in total. The summed E-state index contributed by atoms with van der Waals surface area (Å²) in [5.74, 6) is -0.180. The van der Waals surface area contributed by atoms with Gasteiger partial charge in [0.1, 0.15) is 5.82 Å². The molecule has 18 heavy (non-hydrogen) atoms. The lowest BCUT2D eigenvalue weighted by atomic mass is 10.0. The molecule has 1 aromatic heterocycles. The molecule has 0 aliphatic heterocycles. The number of aromatic nitrogens is 2. The summed E-state index contributed by atoms with van der Waals surface area (Å²) in [5.41, 5.74) is 1.72. The molecule has 0 saturated heterocycles. The summed E-state index contributed by atoms with van der Waals surface area (Å²) in [6.07, 6.45) is 2.33. The molecule has 0 bridgehead atoms. The summed E-state index contributed by atoms with van der Waals surface area (Å²) in [6, 6.07) is 6.99. The van der Waals surface area contributed by atoms with Crippen molar-refractivity contribution in [2.45, 2.75) is 12.5 Å². The van der Waals surface area contributed by atoms with Gasteiger partial charge in [-0.15, -0.1) is 0 Å². The number of rotatable bonds is 4. The van der Waals surface area contributed by atoms with Crippen molar-refractivity contribution < 1.29 is 4.39 Å². The monoisotopic (exact) mass is 311 g/mol. The number of halogens is 2. The lowest BCUT2D eigenvalue weighted by Gasteiger charge is -2.17. The SMILES string of the molecule is CNC(Cc1cc(Br)ccc1F)c1ccnn1C. The van der Waals surface area contributed by atoms with E-state index < -0.39 is 0 Å². The van der Waals surface area contributed by atoms with E-state index in [0.717, 1.165) is 10.2 Å². The van der Waals surface area contributed by atoms with E-state index in [1.807, 2.05) is 26.2 Å². The van der Waals surface area contributed by atoms with E-state index in [4.69, 9.17) is 0 Å². The normalized spacial score (nSPS) is 12.7. The van der Waals surface area contributed by atoms with Gasteiger partial charge in [-0.2, -0.15) is 5.10 Å². The third kappa shape index (κ3) is 2.79. The van der Waals surface area contributed by atoms with Gasteiger partial charge in [0.05, 0.1) is 11.7 Å². The first-order chi connectivity index (χ1) is 8.61. The largest absolute Gasteiger partial charge is 0.311 e. The minimum atomic E-state index is -0.180. The highest BCUT2D eigenvalue weighted by atomic mass is 79.9. The van der Waals surface area contributed by atoms with Gasteiger partial charge in [-0.3, -0.25) is 4.68 Å². The molecule has 0 fully saturated rings. The Kier molecular flexibility index (Phi) is 4.14. The topological polar surface area (TPSA) is 29.9 Å². The average molecular weight is 312 g/mol. The van der Waals surface area contributed by atoms with Crippen LogP contribution in [0, 0.1) is 5.82 Å². The van der Waals surface area contributed by atoms with Crippen molar-refractivity contribution in [1.29, 1.82) is 0 Å². The number of aryl methyl sites for hydroxylation is 1. The molecule has 1 heterocycles. The summed E-state index contributed by atoms with van der Waals surface area (Å²) in [5, 5.41) is 7.34. The second-order valence-electron chi connectivity index (χ2n) is 4.16. The smallest absolute Gasteiger partial charge is 0.126 e. The first kappa shape index (κ1) is 13.2. The lowest BCUT2D eigenvalue weighted by Crippen LogP contribution is -2.22. The minimum absolute atomic E-state index is 0.0429. The van der Waals surface area contributed by atoms with E-state index >= 15 is 0 Å². The molecule has 0 saturated carbocycles. The van der Waals surface area contributed by atoms with Gasteiger partial charge in [0.25, 0.3) is 0 Å². The molecular formula is C13H15BrFN3. The van der Waals surface area contributed by atoms with Crippen molar-refractivity contribution in [1.82, 2.24) is 15.1 Å². The second kappa shape index (κ2) is 5.63. The molecule has 0 aliphatic carbocycles. The summed E-state index contributed by atoms with van der Waals surface area (Å²) in [6.45, 7) is 0. The molecule has 1 aromatic carbocycles. The van der Waals surface area contributed by atoms with Crippen molar-refractivity contribution in [3.05, 3.63) is 52.0 Å². The molecule has 1 unspecified atom stereocenters. The predicted octanol–water partition coefficient (Wildman–Crippen LogP) is 2.82. The molecule has 2 aromatic rings. The second-order valence-corrected chi connectivity index (χ2v) is 5.08. The molecular weight excluding hydrogens is 297 g/mol. The number of nitrogens with zero attached hydrogens (tertiary/aromatic N) is 2. The number of hydrogen-bond acceptors (Lipinski definition) is 2. The van der Waals surface area contributed by atoms with Gasteiger partial charge < -0.3 is 5.32 Å². The van der Waals surface area contributed by atoms with Crippen LogP contribution >= 0.6 is 15.9 Å². The fourth-order valence-electron chi connectivity index (χ4n) is 2.00. The molecule has 0 radical (unpaired) electrons. The maximum absolute atomic E-state index is 13.7. The number of likely N-dealkylation sites (N-methyl/N-ethyl adjacent to an activating group) is 1. The summed E-state index contributed by atoms with van der Waals surface area (Å²) in [4.78, 5) is 0. The predicted molar refractivity (Wildman–Crippen MR) is 72.8 cm³/mol. The third-order valence-electron chi connectivity index (χ3n) is 3.00. The number of hydrogen-bond donors (Lipinski definition) is 1. The highest BCUT2D eigenvalue weighted by Gasteiger charge is 2.15. The fourth-order valence-corrected chi connectivity index (χ4v) is 2.41. The van der Waals surface area contributed by atoms with Crippen LogP contribution in [0.15, 0.2) is 34.9 Å². The van der Waals surface area contributed by atoms with Crippen LogP contribution in [-0.2, 0) is 13.5 Å². The van der Waals surface area contributed by atoms with Crippen LogP contribution in [-0.4, -0.2) is 16.8 Å². The summed E-state index contributed by atoms with van der Waals surface area (Å²) in [7, 11) is 3.75. The third-order valence-corrected chi connectivity index (χ3v) is 3.49. The summed E-state index contributed by atoms with van der Waals surface area (Å²) < 4.78 is 16.4. The van der Waals surface area contributed by atoms with Gasteiger partial charge in [-0.05, 0) is 43.3 Å². The molecule has 96 valence electrons. The van der Waals surface area contributed by atoms with Gasteiger partial charge >= 0.3 is 0 Å².